The Kier molecular flexibility index (Phi) is 6.15. The van der Waals surface area contributed by atoms with E-state index in [0.29, 0.717) is 6.54 Å². The maximum Gasteiger partial charge on any atom is 0.396 e. The number of nitrogens with zero attached hydrogens (tertiary/aromatic N) is 1. The molecule has 2 saturated heterocycles. The molecule has 3 nitrogen and oxygen atoms in total. The Morgan fingerprint density at radius 2 is 1.83 bits per heavy atom. The van der Waals surface area contributed by atoms with Crippen LogP contribution in [0, 0.1) is 0 Å². The van der Waals surface area contributed by atoms with Crippen molar-refractivity contribution in [1.29, 1.82) is 0 Å². The lowest BCUT2D eigenvalue weighted by Crippen LogP contribution is -2.43. The fourth-order valence-electron chi connectivity index (χ4n) is 3.78. The highest BCUT2D eigenvalue weighted by Gasteiger charge is 2.45. The Morgan fingerprint density at radius 3 is 2.50 bits per heavy atom. The van der Waals surface area contributed by atoms with Crippen LogP contribution in [0.3, 0.4) is 0 Å². The number of alkyl halides is 3. The molecule has 7 heteroatoms. The summed E-state index contributed by atoms with van der Waals surface area (Å²) in [6.07, 6.45) is -2.31. The summed E-state index contributed by atoms with van der Waals surface area (Å²) in [6, 6.07) is 7.87. The molecule has 0 radical (unpaired) electrons. The third kappa shape index (κ3) is 4.03. The molecule has 2 aliphatic heterocycles. The van der Waals surface area contributed by atoms with E-state index in [1.54, 1.807) is 23.1 Å². The molecule has 2 bridgehead atoms. The number of fused-ring (bicyclic) bond motifs is 2. The summed E-state index contributed by atoms with van der Waals surface area (Å²) in [5, 5.41) is 3.26. The normalized spacial score (nSPS) is 24.9. The van der Waals surface area contributed by atoms with Gasteiger partial charge in [0.2, 0.25) is 5.91 Å². The first-order chi connectivity index (χ1) is 11.0. The van der Waals surface area contributed by atoms with Crippen molar-refractivity contribution in [1.82, 2.24) is 10.2 Å². The van der Waals surface area contributed by atoms with Gasteiger partial charge in [-0.1, -0.05) is 30.3 Å². The van der Waals surface area contributed by atoms with Crippen molar-refractivity contribution < 1.29 is 18.0 Å². The summed E-state index contributed by atoms with van der Waals surface area (Å²) in [6.45, 7) is 1.51. The number of carbonyl (C=O) groups is 1. The minimum Gasteiger partial charge on any atom is -0.335 e. The fourth-order valence-corrected chi connectivity index (χ4v) is 3.78. The summed E-state index contributed by atoms with van der Waals surface area (Å²) < 4.78 is 40.3. The van der Waals surface area contributed by atoms with Crippen LogP contribution in [0.25, 0.3) is 0 Å². The Bertz CT molecular complexity index is 539. The van der Waals surface area contributed by atoms with E-state index in [9.17, 15) is 18.0 Å². The maximum atomic E-state index is 13.4. The molecule has 2 heterocycles. The number of amides is 1. The molecule has 0 saturated carbocycles. The second-order valence-corrected chi connectivity index (χ2v) is 6.39. The van der Waals surface area contributed by atoms with Crippen molar-refractivity contribution >= 4 is 18.3 Å². The molecule has 134 valence electrons. The third-order valence-corrected chi connectivity index (χ3v) is 4.92. The second-order valence-electron chi connectivity index (χ2n) is 6.39. The van der Waals surface area contributed by atoms with Gasteiger partial charge in [-0.05, 0) is 31.4 Å². The lowest BCUT2D eigenvalue weighted by atomic mass is 9.94. The summed E-state index contributed by atoms with van der Waals surface area (Å²) in [5.74, 6) is -2.10. The quantitative estimate of drug-likeness (QED) is 0.892. The summed E-state index contributed by atoms with van der Waals surface area (Å²) >= 11 is 0. The SMILES string of the molecule is Cl.O=C(CC(c1ccccc1)C(F)(F)F)N1C2CCNCC1CC2. The number of nitrogens with one attached hydrogen (secondary N) is 1. The minimum absolute atomic E-state index is 0. The number of hydrogen-bond acceptors (Lipinski definition) is 2. The van der Waals surface area contributed by atoms with Gasteiger partial charge in [-0.3, -0.25) is 4.79 Å². The van der Waals surface area contributed by atoms with E-state index in [4.69, 9.17) is 0 Å². The van der Waals surface area contributed by atoms with Crippen LogP contribution in [-0.2, 0) is 4.79 Å². The Balaban J connectivity index is 0.00000208. The largest absolute Gasteiger partial charge is 0.396 e. The highest BCUT2D eigenvalue weighted by Crippen LogP contribution is 2.39. The van der Waals surface area contributed by atoms with E-state index in [2.05, 4.69) is 5.32 Å². The van der Waals surface area contributed by atoms with Crippen molar-refractivity contribution in [2.75, 3.05) is 13.1 Å². The molecule has 2 aliphatic rings. The average Bonchev–Trinajstić information content (AvgIpc) is 2.77. The molecule has 24 heavy (non-hydrogen) atoms. The van der Waals surface area contributed by atoms with E-state index in [1.807, 2.05) is 0 Å². The zero-order chi connectivity index (χ0) is 16.4. The van der Waals surface area contributed by atoms with Crippen LogP contribution in [0.4, 0.5) is 13.2 Å². The molecule has 1 N–H and O–H groups in total. The summed E-state index contributed by atoms with van der Waals surface area (Å²) in [5.41, 5.74) is 0.161. The van der Waals surface area contributed by atoms with Crippen LogP contribution >= 0.6 is 12.4 Å². The van der Waals surface area contributed by atoms with Gasteiger partial charge in [0.1, 0.15) is 0 Å². The van der Waals surface area contributed by atoms with Crippen LogP contribution in [0.15, 0.2) is 30.3 Å². The van der Waals surface area contributed by atoms with Crippen LogP contribution in [-0.4, -0.2) is 42.2 Å². The van der Waals surface area contributed by atoms with Crippen molar-refractivity contribution in [2.24, 2.45) is 0 Å². The first-order valence-corrected chi connectivity index (χ1v) is 8.10. The van der Waals surface area contributed by atoms with Crippen LogP contribution in [0.2, 0.25) is 0 Å². The van der Waals surface area contributed by atoms with E-state index in [0.717, 1.165) is 25.8 Å². The van der Waals surface area contributed by atoms with Gasteiger partial charge in [-0.15, -0.1) is 12.4 Å². The molecule has 3 rings (SSSR count). The first-order valence-electron chi connectivity index (χ1n) is 8.10. The van der Waals surface area contributed by atoms with Crippen molar-refractivity contribution in [2.45, 2.75) is 49.9 Å². The van der Waals surface area contributed by atoms with Crippen LogP contribution < -0.4 is 5.32 Å². The number of halogens is 4. The standard InChI is InChI=1S/C17H21F3N2O.ClH/c18-17(19,20)15(12-4-2-1-3-5-12)10-16(23)22-13-6-7-14(22)11-21-9-8-13;/h1-5,13-15,21H,6-11H2;1H. The molecular weight excluding hydrogens is 341 g/mol. The van der Waals surface area contributed by atoms with Gasteiger partial charge in [-0.2, -0.15) is 13.2 Å². The summed E-state index contributed by atoms with van der Waals surface area (Å²) in [4.78, 5) is 14.4. The molecule has 0 spiro atoms. The lowest BCUT2D eigenvalue weighted by molar-refractivity contribution is -0.161. The summed E-state index contributed by atoms with van der Waals surface area (Å²) in [7, 11) is 0. The molecule has 2 fully saturated rings. The van der Waals surface area contributed by atoms with E-state index in [-0.39, 0.29) is 36.0 Å². The van der Waals surface area contributed by atoms with Gasteiger partial charge in [-0.25, -0.2) is 0 Å². The number of rotatable bonds is 3. The predicted octanol–water partition coefficient (Wildman–Crippen LogP) is 3.50. The smallest absolute Gasteiger partial charge is 0.335 e. The average molecular weight is 363 g/mol. The van der Waals surface area contributed by atoms with Gasteiger partial charge in [0.15, 0.2) is 0 Å². The topological polar surface area (TPSA) is 32.3 Å². The molecule has 0 aromatic heterocycles. The van der Waals surface area contributed by atoms with E-state index in [1.165, 1.54) is 12.1 Å². The highest BCUT2D eigenvalue weighted by atomic mass is 35.5. The molecular formula is C17H22ClF3N2O. The fraction of sp³-hybridized carbons (Fsp3) is 0.588. The van der Waals surface area contributed by atoms with Gasteiger partial charge in [0.25, 0.3) is 0 Å². The van der Waals surface area contributed by atoms with E-state index < -0.39 is 18.5 Å². The lowest BCUT2D eigenvalue weighted by Gasteiger charge is -2.30. The van der Waals surface area contributed by atoms with Gasteiger partial charge < -0.3 is 10.2 Å². The Labute approximate surface area is 146 Å². The van der Waals surface area contributed by atoms with Crippen molar-refractivity contribution in [3.8, 4) is 0 Å². The molecule has 3 atom stereocenters. The predicted molar refractivity (Wildman–Crippen MR) is 88.2 cm³/mol. The zero-order valence-electron chi connectivity index (χ0n) is 13.3. The molecule has 3 unspecified atom stereocenters. The maximum absolute atomic E-state index is 13.4. The van der Waals surface area contributed by atoms with Crippen molar-refractivity contribution in [3.63, 3.8) is 0 Å². The molecule has 1 aromatic rings. The molecule has 1 amide bonds. The zero-order valence-corrected chi connectivity index (χ0v) is 14.1. The van der Waals surface area contributed by atoms with Crippen molar-refractivity contribution in [3.05, 3.63) is 35.9 Å². The second kappa shape index (κ2) is 7.74. The minimum atomic E-state index is -4.42. The van der Waals surface area contributed by atoms with Crippen LogP contribution in [0.1, 0.15) is 37.2 Å². The highest BCUT2D eigenvalue weighted by molar-refractivity contribution is 5.85. The Hall–Kier alpha value is -1.27. The number of carbonyl (C=O) groups excluding carboxylic acids is 1. The Morgan fingerprint density at radius 1 is 1.17 bits per heavy atom. The third-order valence-electron chi connectivity index (χ3n) is 4.92. The van der Waals surface area contributed by atoms with Crippen LogP contribution in [0.5, 0.6) is 0 Å². The van der Waals surface area contributed by atoms with E-state index >= 15 is 0 Å². The number of benzene rings is 1. The number of hydrogen-bond donors (Lipinski definition) is 1. The monoisotopic (exact) mass is 362 g/mol. The van der Waals surface area contributed by atoms with Gasteiger partial charge in [0.05, 0.1) is 5.92 Å². The van der Waals surface area contributed by atoms with Gasteiger partial charge in [0, 0.05) is 25.0 Å². The first kappa shape index (κ1) is 19.1. The molecule has 0 aliphatic carbocycles. The van der Waals surface area contributed by atoms with Gasteiger partial charge >= 0.3 is 6.18 Å². The molecule has 1 aromatic carbocycles.